The zero-order valence-corrected chi connectivity index (χ0v) is 25.4. The van der Waals surface area contributed by atoms with Gasteiger partial charge >= 0.3 is 0 Å². The Labute approximate surface area is 270 Å². The van der Waals surface area contributed by atoms with Crippen LogP contribution in [0.2, 0.25) is 0 Å². The molecule has 1 heterocycles. The van der Waals surface area contributed by atoms with E-state index in [1.54, 1.807) is 0 Å². The number of hydrogen-bond donors (Lipinski definition) is 0. The van der Waals surface area contributed by atoms with Crippen molar-refractivity contribution >= 4 is 75.7 Å². The van der Waals surface area contributed by atoms with Gasteiger partial charge in [-0.2, -0.15) is 0 Å². The van der Waals surface area contributed by atoms with E-state index in [-0.39, 0.29) is 0 Å². The van der Waals surface area contributed by atoms with Gasteiger partial charge in [-0.1, -0.05) is 121 Å². The number of imidazole rings is 1. The monoisotopic (exact) mass is 594 g/mol. The zero-order valence-electron chi connectivity index (χ0n) is 25.4. The third kappa shape index (κ3) is 3.26. The minimum Gasteiger partial charge on any atom is -0.292 e. The summed E-state index contributed by atoms with van der Waals surface area (Å²) in [5.74, 6) is 0.950. The van der Waals surface area contributed by atoms with Gasteiger partial charge in [-0.05, 0) is 112 Å². The summed E-state index contributed by atoms with van der Waals surface area (Å²) in [7, 11) is 0. The molecule has 11 rings (SSSR count). The largest absolute Gasteiger partial charge is 0.292 e. The van der Waals surface area contributed by atoms with Crippen molar-refractivity contribution in [2.24, 2.45) is 0 Å². The van der Waals surface area contributed by atoms with E-state index in [2.05, 4.69) is 162 Å². The van der Waals surface area contributed by atoms with Gasteiger partial charge in [-0.3, -0.25) is 4.57 Å². The van der Waals surface area contributed by atoms with Crippen LogP contribution in [-0.2, 0) is 0 Å². The molecule has 0 aliphatic rings. The molecule has 0 aliphatic heterocycles. The van der Waals surface area contributed by atoms with Crippen molar-refractivity contribution in [1.29, 1.82) is 0 Å². The SMILES string of the molecule is c1ccc(-c2c3cc(-c4nc5ccccc5n4-c4ccccc4)cc4c5ccccc5c(c34)c3c4cccc5cccc(c23)c54)cc1. The molecule has 0 spiro atoms. The molecule has 10 aromatic carbocycles. The second kappa shape index (κ2) is 9.15. The summed E-state index contributed by atoms with van der Waals surface area (Å²) in [4.78, 5) is 5.32. The smallest absolute Gasteiger partial charge is 0.145 e. The summed E-state index contributed by atoms with van der Waals surface area (Å²) in [5.41, 5.74) is 6.83. The summed E-state index contributed by atoms with van der Waals surface area (Å²) in [6.45, 7) is 0. The van der Waals surface area contributed by atoms with Gasteiger partial charge in [0, 0.05) is 11.3 Å². The Morgan fingerprint density at radius 1 is 0.383 bits per heavy atom. The fourth-order valence-corrected chi connectivity index (χ4v) is 8.42. The van der Waals surface area contributed by atoms with Gasteiger partial charge in [-0.15, -0.1) is 0 Å². The van der Waals surface area contributed by atoms with Gasteiger partial charge in [0.2, 0.25) is 0 Å². The first kappa shape index (κ1) is 25.0. The van der Waals surface area contributed by atoms with E-state index < -0.39 is 0 Å². The maximum Gasteiger partial charge on any atom is 0.145 e. The fraction of sp³-hybridized carbons (Fsp3) is 0. The van der Waals surface area contributed by atoms with Crippen LogP contribution in [0, 0.1) is 0 Å². The van der Waals surface area contributed by atoms with Crippen LogP contribution in [0.3, 0.4) is 0 Å². The summed E-state index contributed by atoms with van der Waals surface area (Å²) >= 11 is 0. The molecule has 0 unspecified atom stereocenters. The Morgan fingerprint density at radius 3 is 1.81 bits per heavy atom. The summed E-state index contributed by atoms with van der Waals surface area (Å²) in [6, 6.07) is 57.4. The molecule has 0 bridgehead atoms. The highest BCUT2D eigenvalue weighted by Crippen LogP contribution is 2.53. The number of para-hydroxylation sites is 3. The molecular formula is C45H26N2. The number of nitrogens with zero attached hydrogens (tertiary/aromatic N) is 2. The third-order valence-electron chi connectivity index (χ3n) is 10.2. The van der Waals surface area contributed by atoms with E-state index >= 15 is 0 Å². The minimum atomic E-state index is 0.950. The molecule has 11 aromatic rings. The Morgan fingerprint density at radius 2 is 1.00 bits per heavy atom. The van der Waals surface area contributed by atoms with E-state index in [4.69, 9.17) is 4.98 Å². The lowest BCUT2D eigenvalue weighted by Crippen LogP contribution is -1.97. The predicted molar refractivity (Wildman–Crippen MR) is 199 cm³/mol. The highest BCUT2D eigenvalue weighted by Gasteiger charge is 2.26. The first-order chi connectivity index (χ1) is 23.3. The fourth-order valence-electron chi connectivity index (χ4n) is 8.42. The Kier molecular flexibility index (Phi) is 4.87. The molecule has 0 saturated carbocycles. The standard InChI is InChI=1S/C45H26N2/c1-3-13-28(14-4-1)40-36-26-29(45-46-37-23-9-10-24-38(37)47(45)30-17-5-2-6-18-30)25-35-31-19-7-8-20-32(31)42(41(35)36)44-34-22-12-16-27-15-11-21-33(39(27)34)43(40)44/h1-26H. The molecule has 216 valence electrons. The third-order valence-corrected chi connectivity index (χ3v) is 10.2. The Bertz CT molecular complexity index is 2980. The van der Waals surface area contributed by atoms with Gasteiger partial charge in [0.1, 0.15) is 5.82 Å². The van der Waals surface area contributed by atoms with Crippen molar-refractivity contribution in [3.8, 4) is 28.2 Å². The van der Waals surface area contributed by atoms with Crippen LogP contribution in [0.5, 0.6) is 0 Å². The van der Waals surface area contributed by atoms with Gasteiger partial charge in [0.05, 0.1) is 11.0 Å². The average Bonchev–Trinajstić information content (AvgIpc) is 3.79. The zero-order chi connectivity index (χ0) is 30.6. The molecule has 2 heteroatoms. The van der Waals surface area contributed by atoms with Gasteiger partial charge in [0.25, 0.3) is 0 Å². The average molecular weight is 595 g/mol. The van der Waals surface area contributed by atoms with Gasteiger partial charge in [0.15, 0.2) is 0 Å². The number of aromatic nitrogens is 2. The number of fused-ring (bicyclic) bond motifs is 8. The van der Waals surface area contributed by atoms with Crippen LogP contribution in [0.15, 0.2) is 158 Å². The Hall–Kier alpha value is -6.25. The van der Waals surface area contributed by atoms with Crippen molar-refractivity contribution in [3.05, 3.63) is 158 Å². The topological polar surface area (TPSA) is 17.8 Å². The second-order valence-corrected chi connectivity index (χ2v) is 12.7. The van der Waals surface area contributed by atoms with Gasteiger partial charge < -0.3 is 0 Å². The van der Waals surface area contributed by atoms with Crippen molar-refractivity contribution in [2.75, 3.05) is 0 Å². The van der Waals surface area contributed by atoms with Crippen LogP contribution >= 0.6 is 0 Å². The molecule has 0 saturated heterocycles. The van der Waals surface area contributed by atoms with Gasteiger partial charge in [-0.25, -0.2) is 4.98 Å². The van der Waals surface area contributed by atoms with Crippen molar-refractivity contribution < 1.29 is 0 Å². The quantitative estimate of drug-likeness (QED) is 0.199. The molecule has 0 aliphatic carbocycles. The van der Waals surface area contributed by atoms with Crippen molar-refractivity contribution in [3.63, 3.8) is 0 Å². The molecular weight excluding hydrogens is 569 g/mol. The highest BCUT2D eigenvalue weighted by atomic mass is 15.1. The lowest BCUT2D eigenvalue weighted by atomic mass is 9.89. The number of rotatable bonds is 3. The molecule has 0 fully saturated rings. The highest BCUT2D eigenvalue weighted by molar-refractivity contribution is 6.48. The molecule has 47 heavy (non-hydrogen) atoms. The summed E-state index contributed by atoms with van der Waals surface area (Å²) in [5, 5.41) is 15.8. The normalized spacial score (nSPS) is 12.3. The molecule has 1 aromatic heterocycles. The first-order valence-corrected chi connectivity index (χ1v) is 16.2. The molecule has 0 amide bonds. The van der Waals surface area contributed by atoms with Crippen LogP contribution in [0.25, 0.3) is 104 Å². The van der Waals surface area contributed by atoms with Crippen LogP contribution in [-0.4, -0.2) is 9.55 Å². The molecule has 0 radical (unpaired) electrons. The van der Waals surface area contributed by atoms with Crippen molar-refractivity contribution in [1.82, 2.24) is 9.55 Å². The van der Waals surface area contributed by atoms with E-state index in [9.17, 15) is 0 Å². The molecule has 0 atom stereocenters. The van der Waals surface area contributed by atoms with Crippen molar-refractivity contribution in [2.45, 2.75) is 0 Å². The second-order valence-electron chi connectivity index (χ2n) is 12.7. The molecule has 0 N–H and O–H groups in total. The van der Waals surface area contributed by atoms with E-state index in [1.807, 2.05) is 0 Å². The lowest BCUT2D eigenvalue weighted by Gasteiger charge is -2.15. The van der Waals surface area contributed by atoms with E-state index in [0.717, 1.165) is 28.1 Å². The Balaban J connectivity index is 1.41. The van der Waals surface area contributed by atoms with Crippen LogP contribution < -0.4 is 0 Å². The number of benzene rings is 8. The maximum atomic E-state index is 5.32. The summed E-state index contributed by atoms with van der Waals surface area (Å²) < 4.78 is 2.32. The van der Waals surface area contributed by atoms with Crippen LogP contribution in [0.1, 0.15) is 0 Å². The first-order valence-electron chi connectivity index (χ1n) is 16.2. The van der Waals surface area contributed by atoms with Crippen LogP contribution in [0.4, 0.5) is 0 Å². The maximum absolute atomic E-state index is 5.32. The lowest BCUT2D eigenvalue weighted by molar-refractivity contribution is 1.10. The summed E-state index contributed by atoms with van der Waals surface area (Å²) in [6.07, 6.45) is 0. The number of hydrogen-bond acceptors (Lipinski definition) is 1. The van der Waals surface area contributed by atoms with E-state index in [0.29, 0.717) is 0 Å². The molecule has 2 nitrogen and oxygen atoms in total. The minimum absolute atomic E-state index is 0.950. The predicted octanol–water partition coefficient (Wildman–Crippen LogP) is 12.2. The van der Waals surface area contributed by atoms with E-state index in [1.165, 1.54) is 75.8 Å².